The first-order valence-corrected chi connectivity index (χ1v) is 8.32. The van der Waals surface area contributed by atoms with Crippen LogP contribution in [0.15, 0.2) is 24.3 Å². The highest BCUT2D eigenvalue weighted by Gasteiger charge is 2.30. The summed E-state index contributed by atoms with van der Waals surface area (Å²) in [5.74, 6) is 0.352. The molecule has 1 atom stereocenters. The molecule has 19 heavy (non-hydrogen) atoms. The lowest BCUT2D eigenvalue weighted by atomic mass is 10.1. The van der Waals surface area contributed by atoms with Crippen molar-refractivity contribution in [2.75, 3.05) is 19.4 Å². The number of hydrogen-bond donors (Lipinski definition) is 1. The van der Waals surface area contributed by atoms with E-state index in [-0.39, 0.29) is 5.25 Å². The van der Waals surface area contributed by atoms with Crippen molar-refractivity contribution in [3.8, 4) is 0 Å². The summed E-state index contributed by atoms with van der Waals surface area (Å²) < 4.78 is 28.4. The molecule has 1 fully saturated rings. The van der Waals surface area contributed by atoms with Crippen molar-refractivity contribution in [3.05, 3.63) is 35.4 Å². The molecule has 1 N–H and O–H groups in total. The third kappa shape index (κ3) is 4.03. The standard InChI is InChI=1S/C14H21NO3S/c1-18-11-13-6-4-12(5-7-13)9-15-10-14-3-2-8-19(14,16)17/h4-7,14-15H,2-3,8-11H2,1H3. The molecule has 0 amide bonds. The van der Waals surface area contributed by atoms with Crippen LogP contribution in [0.4, 0.5) is 0 Å². The highest BCUT2D eigenvalue weighted by Crippen LogP contribution is 2.19. The van der Waals surface area contributed by atoms with Crippen LogP contribution in [0.2, 0.25) is 0 Å². The number of sulfone groups is 1. The van der Waals surface area contributed by atoms with Crippen LogP contribution in [0.3, 0.4) is 0 Å². The SMILES string of the molecule is COCc1ccc(CNCC2CCCS2(=O)=O)cc1. The van der Waals surface area contributed by atoms with E-state index < -0.39 is 9.84 Å². The van der Waals surface area contributed by atoms with Crippen LogP contribution in [-0.2, 0) is 27.7 Å². The Bertz CT molecular complexity index is 496. The van der Waals surface area contributed by atoms with Crippen molar-refractivity contribution in [3.63, 3.8) is 0 Å². The first kappa shape index (κ1) is 14.5. The quantitative estimate of drug-likeness (QED) is 0.859. The smallest absolute Gasteiger partial charge is 0.154 e. The molecule has 0 bridgehead atoms. The van der Waals surface area contributed by atoms with Gasteiger partial charge in [0.2, 0.25) is 0 Å². The lowest BCUT2D eigenvalue weighted by Gasteiger charge is -2.11. The zero-order chi connectivity index (χ0) is 13.7. The number of rotatable bonds is 6. The van der Waals surface area contributed by atoms with Gasteiger partial charge in [0.05, 0.1) is 17.6 Å². The van der Waals surface area contributed by atoms with Crippen molar-refractivity contribution in [1.82, 2.24) is 5.32 Å². The normalized spacial score (nSPS) is 21.6. The molecule has 1 aromatic rings. The zero-order valence-electron chi connectivity index (χ0n) is 11.3. The monoisotopic (exact) mass is 283 g/mol. The molecule has 0 saturated carbocycles. The number of nitrogens with one attached hydrogen (secondary N) is 1. The Morgan fingerprint density at radius 1 is 1.26 bits per heavy atom. The van der Waals surface area contributed by atoms with Gasteiger partial charge < -0.3 is 10.1 Å². The summed E-state index contributed by atoms with van der Waals surface area (Å²) in [6.45, 7) is 1.88. The molecule has 1 aromatic carbocycles. The van der Waals surface area contributed by atoms with E-state index in [9.17, 15) is 8.42 Å². The van der Waals surface area contributed by atoms with Crippen LogP contribution in [0.5, 0.6) is 0 Å². The van der Waals surface area contributed by atoms with Crippen molar-refractivity contribution < 1.29 is 13.2 Å². The van der Waals surface area contributed by atoms with Gasteiger partial charge in [0.1, 0.15) is 0 Å². The molecular weight excluding hydrogens is 262 g/mol. The Kier molecular flexibility index (Phi) is 4.96. The summed E-state index contributed by atoms with van der Waals surface area (Å²) in [6, 6.07) is 8.16. The van der Waals surface area contributed by atoms with Crippen LogP contribution in [0, 0.1) is 0 Å². The maximum atomic E-state index is 11.7. The highest BCUT2D eigenvalue weighted by atomic mass is 32.2. The van der Waals surface area contributed by atoms with Gasteiger partial charge in [-0.2, -0.15) is 0 Å². The Hall–Kier alpha value is -0.910. The minimum absolute atomic E-state index is 0.194. The molecule has 1 heterocycles. The zero-order valence-corrected chi connectivity index (χ0v) is 12.1. The second-order valence-electron chi connectivity index (χ2n) is 5.01. The Morgan fingerprint density at radius 3 is 2.53 bits per heavy atom. The Labute approximate surface area is 115 Å². The predicted molar refractivity (Wildman–Crippen MR) is 75.7 cm³/mol. The molecule has 5 heteroatoms. The van der Waals surface area contributed by atoms with E-state index in [4.69, 9.17) is 4.74 Å². The van der Waals surface area contributed by atoms with Gasteiger partial charge in [-0.15, -0.1) is 0 Å². The molecule has 106 valence electrons. The maximum Gasteiger partial charge on any atom is 0.154 e. The fourth-order valence-corrected chi connectivity index (χ4v) is 4.18. The topological polar surface area (TPSA) is 55.4 Å². The minimum Gasteiger partial charge on any atom is -0.380 e. The average Bonchev–Trinajstić information content (AvgIpc) is 2.71. The van der Waals surface area contributed by atoms with Crippen LogP contribution in [0.25, 0.3) is 0 Å². The van der Waals surface area contributed by atoms with Crippen LogP contribution < -0.4 is 5.32 Å². The molecule has 2 rings (SSSR count). The number of hydrogen-bond acceptors (Lipinski definition) is 4. The van der Waals surface area contributed by atoms with Crippen molar-refractivity contribution in [2.24, 2.45) is 0 Å². The summed E-state index contributed by atoms with van der Waals surface area (Å²) in [5.41, 5.74) is 2.31. The molecular formula is C14H21NO3S. The lowest BCUT2D eigenvalue weighted by Crippen LogP contribution is -2.30. The number of methoxy groups -OCH3 is 1. The van der Waals surface area contributed by atoms with Gasteiger partial charge in [-0.1, -0.05) is 24.3 Å². The summed E-state index contributed by atoms with van der Waals surface area (Å²) in [6.07, 6.45) is 1.60. The molecule has 1 saturated heterocycles. The largest absolute Gasteiger partial charge is 0.380 e. The molecule has 1 aliphatic heterocycles. The number of benzene rings is 1. The molecule has 0 aromatic heterocycles. The second-order valence-corrected chi connectivity index (χ2v) is 7.41. The van der Waals surface area contributed by atoms with Gasteiger partial charge in [-0.05, 0) is 24.0 Å². The fraction of sp³-hybridized carbons (Fsp3) is 0.571. The Morgan fingerprint density at radius 2 is 1.95 bits per heavy atom. The summed E-state index contributed by atoms with van der Waals surface area (Å²) in [7, 11) is -1.16. The van der Waals surface area contributed by atoms with Gasteiger partial charge in [0.25, 0.3) is 0 Å². The van der Waals surface area contributed by atoms with Gasteiger partial charge in [0, 0.05) is 20.2 Å². The summed E-state index contributed by atoms with van der Waals surface area (Å²) in [4.78, 5) is 0. The van der Waals surface area contributed by atoms with Gasteiger partial charge >= 0.3 is 0 Å². The highest BCUT2D eigenvalue weighted by molar-refractivity contribution is 7.92. The fourth-order valence-electron chi connectivity index (χ4n) is 2.38. The Balaban J connectivity index is 1.79. The van der Waals surface area contributed by atoms with Crippen molar-refractivity contribution in [2.45, 2.75) is 31.2 Å². The summed E-state index contributed by atoms with van der Waals surface area (Å²) in [5, 5.41) is 3.05. The molecule has 4 nitrogen and oxygen atoms in total. The van der Waals surface area contributed by atoms with Crippen LogP contribution in [0.1, 0.15) is 24.0 Å². The second kappa shape index (κ2) is 6.50. The first-order chi connectivity index (χ1) is 9.12. The maximum absolute atomic E-state index is 11.7. The predicted octanol–water partition coefficient (Wildman–Crippen LogP) is 1.50. The van der Waals surface area contributed by atoms with E-state index in [2.05, 4.69) is 5.32 Å². The molecule has 0 spiro atoms. The van der Waals surface area contributed by atoms with Crippen molar-refractivity contribution >= 4 is 9.84 Å². The van der Waals surface area contributed by atoms with Crippen molar-refractivity contribution in [1.29, 1.82) is 0 Å². The lowest BCUT2D eigenvalue weighted by molar-refractivity contribution is 0.185. The molecule has 1 unspecified atom stereocenters. The van der Waals surface area contributed by atoms with Crippen LogP contribution in [-0.4, -0.2) is 33.1 Å². The molecule has 0 radical (unpaired) electrons. The first-order valence-electron chi connectivity index (χ1n) is 6.61. The summed E-state index contributed by atoms with van der Waals surface area (Å²) >= 11 is 0. The van der Waals surface area contributed by atoms with E-state index in [0.717, 1.165) is 24.0 Å². The number of ether oxygens (including phenoxy) is 1. The molecule has 1 aliphatic rings. The van der Waals surface area contributed by atoms with Gasteiger partial charge in [-0.3, -0.25) is 0 Å². The van der Waals surface area contributed by atoms with E-state index >= 15 is 0 Å². The average molecular weight is 283 g/mol. The molecule has 0 aliphatic carbocycles. The van der Waals surface area contributed by atoms with E-state index in [1.165, 1.54) is 0 Å². The van der Waals surface area contributed by atoms with E-state index in [0.29, 0.717) is 25.4 Å². The van der Waals surface area contributed by atoms with Crippen LogP contribution >= 0.6 is 0 Å². The van der Waals surface area contributed by atoms with Gasteiger partial charge in [0.15, 0.2) is 9.84 Å². The third-order valence-corrected chi connectivity index (χ3v) is 5.77. The van der Waals surface area contributed by atoms with E-state index in [1.54, 1.807) is 7.11 Å². The minimum atomic E-state index is -2.83. The van der Waals surface area contributed by atoms with Gasteiger partial charge in [-0.25, -0.2) is 8.42 Å². The third-order valence-electron chi connectivity index (χ3n) is 3.50. The van der Waals surface area contributed by atoms with E-state index in [1.807, 2.05) is 24.3 Å².